The first-order valence-electron chi connectivity index (χ1n) is 9.44. The van der Waals surface area contributed by atoms with Crippen LogP contribution in [0, 0.1) is 5.92 Å². The fraction of sp³-hybridized carbons (Fsp3) is 0.556. The molecule has 3 atom stereocenters. The van der Waals surface area contributed by atoms with Gasteiger partial charge < -0.3 is 15.1 Å². The van der Waals surface area contributed by atoms with Crippen molar-refractivity contribution in [1.29, 1.82) is 0 Å². The van der Waals surface area contributed by atoms with Crippen molar-refractivity contribution >= 4 is 23.4 Å². The SMILES string of the molecule is [14CH3]n1cc(Nc2nccc(N3C[C@H]4CC[C@@H](C3)N4C(=O)[C@@H]3CC3(F)F)n2)cn1. The van der Waals surface area contributed by atoms with Crippen LogP contribution >= 0.6 is 0 Å². The summed E-state index contributed by atoms with van der Waals surface area (Å²) in [4.78, 5) is 25.2. The third-order valence-electron chi connectivity index (χ3n) is 5.79. The van der Waals surface area contributed by atoms with Crippen LogP contribution < -0.4 is 10.2 Å². The Bertz CT molecular complexity index is 903. The molecule has 0 unspecified atom stereocenters. The minimum atomic E-state index is -2.81. The number of amides is 1. The van der Waals surface area contributed by atoms with Gasteiger partial charge in [-0.1, -0.05) is 0 Å². The zero-order valence-electron chi connectivity index (χ0n) is 15.4. The Balaban J connectivity index is 1.30. The van der Waals surface area contributed by atoms with Gasteiger partial charge in [-0.05, 0) is 18.9 Å². The number of fused-ring (bicyclic) bond motifs is 2. The monoisotopic (exact) mass is 391 g/mol. The topological polar surface area (TPSA) is 79.2 Å². The number of rotatable bonds is 4. The lowest BCUT2D eigenvalue weighted by atomic mass is 10.1. The molecule has 2 aliphatic heterocycles. The summed E-state index contributed by atoms with van der Waals surface area (Å²) >= 11 is 0. The predicted molar refractivity (Wildman–Crippen MR) is 97.4 cm³/mol. The van der Waals surface area contributed by atoms with Gasteiger partial charge in [0.1, 0.15) is 11.7 Å². The maximum absolute atomic E-state index is 13.4. The smallest absolute Gasteiger partial charge is 0.260 e. The number of carbonyl (C=O) groups excluding carboxylic acids is 1. The normalized spacial score (nSPS) is 27.8. The Labute approximate surface area is 160 Å². The molecule has 1 saturated carbocycles. The summed E-state index contributed by atoms with van der Waals surface area (Å²) in [5.74, 6) is -3.07. The van der Waals surface area contributed by atoms with Crippen LogP contribution in [0.1, 0.15) is 19.3 Å². The van der Waals surface area contributed by atoms with Crippen LogP contribution in [0.4, 0.5) is 26.2 Å². The van der Waals surface area contributed by atoms with Crippen LogP contribution in [0.15, 0.2) is 24.7 Å². The number of piperazine rings is 1. The van der Waals surface area contributed by atoms with Gasteiger partial charge in [0.2, 0.25) is 11.9 Å². The van der Waals surface area contributed by atoms with E-state index in [-0.39, 0.29) is 24.4 Å². The first-order chi connectivity index (χ1) is 13.4. The van der Waals surface area contributed by atoms with Gasteiger partial charge in [0, 0.05) is 51.0 Å². The summed E-state index contributed by atoms with van der Waals surface area (Å²) < 4.78 is 28.4. The Morgan fingerprint density at radius 3 is 2.61 bits per heavy atom. The van der Waals surface area contributed by atoms with Crippen LogP contribution in [-0.2, 0) is 11.8 Å². The minimum absolute atomic E-state index is 0.0349. The van der Waals surface area contributed by atoms with E-state index in [1.54, 1.807) is 22.0 Å². The average Bonchev–Trinajstić information content (AvgIpc) is 2.96. The van der Waals surface area contributed by atoms with Crippen LogP contribution in [0.2, 0.25) is 0 Å². The Hall–Kier alpha value is -2.78. The molecule has 0 aromatic carbocycles. The van der Waals surface area contributed by atoms with Crippen LogP contribution in [0.5, 0.6) is 0 Å². The molecule has 2 bridgehead atoms. The van der Waals surface area contributed by atoms with E-state index in [4.69, 9.17) is 0 Å². The molecule has 2 aromatic heterocycles. The third-order valence-corrected chi connectivity index (χ3v) is 5.79. The van der Waals surface area contributed by atoms with E-state index in [1.807, 2.05) is 19.3 Å². The standard InChI is InChI=1S/C18H21F2N7O/c1-25-8-11(7-22-25)23-17-21-5-4-15(24-17)26-9-12-2-3-13(10-26)27(12)16(28)14-6-18(14,19)20/h4-5,7-8,12-14H,2-3,6,9-10H2,1H3,(H,21,23,24)/t12-,13+,14-/m0/s1/i1+2. The molecule has 2 aromatic rings. The van der Waals surface area contributed by atoms with Crippen molar-refractivity contribution in [3.63, 3.8) is 0 Å². The molecule has 3 aliphatic rings. The van der Waals surface area contributed by atoms with Crippen LogP contribution in [0.3, 0.4) is 0 Å². The quantitative estimate of drug-likeness (QED) is 0.856. The van der Waals surface area contributed by atoms with E-state index in [2.05, 4.69) is 25.3 Å². The van der Waals surface area contributed by atoms with Crippen molar-refractivity contribution in [3.05, 3.63) is 24.7 Å². The van der Waals surface area contributed by atoms with Crippen LogP contribution in [-0.4, -0.2) is 61.7 Å². The third kappa shape index (κ3) is 2.96. The van der Waals surface area contributed by atoms with Gasteiger partial charge in [0.05, 0.1) is 11.9 Å². The van der Waals surface area contributed by atoms with Gasteiger partial charge in [-0.3, -0.25) is 9.48 Å². The lowest BCUT2D eigenvalue weighted by Crippen LogP contribution is -2.56. The molecule has 0 radical (unpaired) electrons. The summed E-state index contributed by atoms with van der Waals surface area (Å²) in [7, 11) is 1.83. The van der Waals surface area contributed by atoms with Crippen molar-refractivity contribution in [3.8, 4) is 0 Å². The Morgan fingerprint density at radius 1 is 1.29 bits per heavy atom. The molecule has 1 amide bonds. The summed E-state index contributed by atoms with van der Waals surface area (Å²) in [5, 5.41) is 7.23. The second-order valence-corrected chi connectivity index (χ2v) is 7.82. The molecule has 4 heterocycles. The Morgan fingerprint density at radius 2 is 2.00 bits per heavy atom. The molecule has 2 saturated heterocycles. The summed E-state index contributed by atoms with van der Waals surface area (Å²) in [5.41, 5.74) is 0.792. The first-order valence-corrected chi connectivity index (χ1v) is 9.44. The number of halogens is 2. The van der Waals surface area contributed by atoms with Crippen molar-refractivity contribution in [1.82, 2.24) is 24.6 Å². The highest BCUT2D eigenvalue weighted by atomic mass is 19.3. The molecule has 148 valence electrons. The molecule has 1 N–H and O–H groups in total. The Kier molecular flexibility index (Phi) is 3.78. The molecule has 5 rings (SSSR count). The van der Waals surface area contributed by atoms with Gasteiger partial charge in [-0.2, -0.15) is 10.1 Å². The summed E-state index contributed by atoms with van der Waals surface area (Å²) in [6.45, 7) is 1.20. The zero-order chi connectivity index (χ0) is 19.5. The van der Waals surface area contributed by atoms with Crippen molar-refractivity contribution in [2.45, 2.75) is 37.3 Å². The molecule has 28 heavy (non-hydrogen) atoms. The van der Waals surface area contributed by atoms with E-state index in [0.29, 0.717) is 19.0 Å². The molecule has 0 spiro atoms. The summed E-state index contributed by atoms with van der Waals surface area (Å²) in [6, 6.07) is 1.76. The molecule has 1 aliphatic carbocycles. The molecular formula is C18H21F2N7O. The van der Waals surface area contributed by atoms with E-state index in [9.17, 15) is 13.6 Å². The fourth-order valence-electron chi connectivity index (χ4n) is 4.31. The van der Waals surface area contributed by atoms with Gasteiger partial charge in [-0.25, -0.2) is 13.8 Å². The number of alkyl halides is 2. The number of hydrogen-bond acceptors (Lipinski definition) is 6. The zero-order valence-corrected chi connectivity index (χ0v) is 15.4. The van der Waals surface area contributed by atoms with E-state index in [0.717, 1.165) is 24.3 Å². The molecule has 10 heteroatoms. The average molecular weight is 391 g/mol. The fourth-order valence-corrected chi connectivity index (χ4v) is 4.31. The minimum Gasteiger partial charge on any atom is -0.352 e. The van der Waals surface area contributed by atoms with E-state index < -0.39 is 11.8 Å². The van der Waals surface area contributed by atoms with Gasteiger partial charge in [0.15, 0.2) is 0 Å². The van der Waals surface area contributed by atoms with Crippen molar-refractivity contribution in [2.75, 3.05) is 23.3 Å². The first kappa shape index (κ1) is 17.3. The van der Waals surface area contributed by atoms with Crippen molar-refractivity contribution < 1.29 is 13.6 Å². The van der Waals surface area contributed by atoms with Gasteiger partial charge >= 0.3 is 0 Å². The maximum Gasteiger partial charge on any atom is 0.260 e. The lowest BCUT2D eigenvalue weighted by molar-refractivity contribution is -0.138. The molecule has 3 fully saturated rings. The number of nitrogens with zero attached hydrogens (tertiary/aromatic N) is 6. The van der Waals surface area contributed by atoms with Crippen molar-refractivity contribution in [2.24, 2.45) is 13.0 Å². The van der Waals surface area contributed by atoms with Gasteiger partial charge in [-0.15, -0.1) is 0 Å². The number of anilines is 3. The highest BCUT2D eigenvalue weighted by Crippen LogP contribution is 2.51. The van der Waals surface area contributed by atoms with Gasteiger partial charge in [0.25, 0.3) is 5.92 Å². The lowest BCUT2D eigenvalue weighted by Gasteiger charge is -2.41. The highest BCUT2D eigenvalue weighted by Gasteiger charge is 2.64. The number of carbonyl (C=O) groups is 1. The highest BCUT2D eigenvalue weighted by molar-refractivity contribution is 5.84. The number of aryl methyl sites for hydroxylation is 1. The van der Waals surface area contributed by atoms with E-state index in [1.165, 1.54) is 0 Å². The molecule has 8 nitrogen and oxygen atoms in total. The molecular weight excluding hydrogens is 370 g/mol. The largest absolute Gasteiger partial charge is 0.352 e. The second kappa shape index (κ2) is 6.11. The van der Waals surface area contributed by atoms with E-state index >= 15 is 0 Å². The maximum atomic E-state index is 13.4. The number of aromatic nitrogens is 4. The second-order valence-electron chi connectivity index (χ2n) is 7.82. The number of nitrogens with one attached hydrogen (secondary N) is 1. The predicted octanol–water partition coefficient (Wildman–Crippen LogP) is 1.79. The van der Waals surface area contributed by atoms with Crippen LogP contribution in [0.25, 0.3) is 0 Å². The summed E-state index contributed by atoms with van der Waals surface area (Å²) in [6.07, 6.45) is 6.59. The number of hydrogen-bond donors (Lipinski definition) is 1.